The summed E-state index contributed by atoms with van der Waals surface area (Å²) in [6.45, 7) is 1.24. The topological polar surface area (TPSA) is 41.3 Å². The van der Waals surface area contributed by atoms with Gasteiger partial charge >= 0.3 is 0 Å². The van der Waals surface area contributed by atoms with Crippen molar-refractivity contribution in [3.8, 4) is 0 Å². The lowest BCUT2D eigenvalue weighted by atomic mass is 10.1. The molecule has 0 spiro atoms. The average Bonchev–Trinajstić information content (AvgIpc) is 2.79. The van der Waals surface area contributed by atoms with E-state index in [2.05, 4.69) is 21.0 Å². The molecule has 1 atom stereocenters. The molecule has 1 heterocycles. The lowest BCUT2D eigenvalue weighted by molar-refractivity contribution is 0.199. The highest BCUT2D eigenvalue weighted by Crippen LogP contribution is 2.30. The molecule has 2 rings (SSSR count). The third-order valence-corrected chi connectivity index (χ3v) is 3.71. The highest BCUT2D eigenvalue weighted by molar-refractivity contribution is 9.10. The first-order chi connectivity index (χ1) is 9.90. The molecule has 1 unspecified atom stereocenters. The minimum absolute atomic E-state index is 0.109. The summed E-state index contributed by atoms with van der Waals surface area (Å²) in [6, 6.07) is 3.02. The predicted molar refractivity (Wildman–Crippen MR) is 78.9 cm³/mol. The Morgan fingerprint density at radius 1 is 1.38 bits per heavy atom. The fourth-order valence-electron chi connectivity index (χ4n) is 1.99. The minimum atomic E-state index is -1.29. The normalized spacial score (nSPS) is 12.9. The summed E-state index contributed by atoms with van der Waals surface area (Å²) in [7, 11) is 3.84. The van der Waals surface area contributed by atoms with Crippen LogP contribution in [0.1, 0.15) is 17.4 Å². The lowest BCUT2D eigenvalue weighted by Gasteiger charge is -2.17. The van der Waals surface area contributed by atoms with E-state index in [0.717, 1.165) is 18.2 Å². The van der Waals surface area contributed by atoms with Gasteiger partial charge < -0.3 is 10.0 Å². The maximum Gasteiger partial charge on any atom is 0.129 e. The van der Waals surface area contributed by atoms with Crippen molar-refractivity contribution >= 4 is 15.9 Å². The quantitative estimate of drug-likeness (QED) is 0.891. The van der Waals surface area contributed by atoms with Crippen LogP contribution in [0.25, 0.3) is 0 Å². The molecule has 0 saturated carbocycles. The second-order valence-electron chi connectivity index (χ2n) is 4.97. The van der Waals surface area contributed by atoms with Gasteiger partial charge in [0, 0.05) is 12.1 Å². The van der Waals surface area contributed by atoms with E-state index in [0.29, 0.717) is 23.3 Å². The molecular formula is C14H16BrF2N3O. The molecule has 0 amide bonds. The lowest BCUT2D eigenvalue weighted by Crippen LogP contribution is -2.21. The molecule has 114 valence electrons. The van der Waals surface area contributed by atoms with E-state index in [1.807, 2.05) is 19.0 Å². The molecule has 0 aliphatic heterocycles. The van der Waals surface area contributed by atoms with E-state index in [4.69, 9.17) is 0 Å². The molecule has 4 nitrogen and oxygen atoms in total. The Morgan fingerprint density at radius 2 is 2.10 bits per heavy atom. The van der Waals surface area contributed by atoms with Crippen LogP contribution in [0.4, 0.5) is 8.78 Å². The summed E-state index contributed by atoms with van der Waals surface area (Å²) in [5.74, 6) is -1.25. The number of aliphatic hydroxyl groups is 1. The fraction of sp³-hybridized carbons (Fsp3) is 0.357. The van der Waals surface area contributed by atoms with Gasteiger partial charge in [-0.15, -0.1) is 0 Å². The van der Waals surface area contributed by atoms with Crippen LogP contribution in [0.3, 0.4) is 0 Å². The number of hydrogen-bond donors (Lipinski definition) is 1. The molecule has 0 saturated heterocycles. The van der Waals surface area contributed by atoms with E-state index in [1.54, 1.807) is 4.68 Å². The van der Waals surface area contributed by atoms with E-state index in [1.165, 1.54) is 6.20 Å². The predicted octanol–water partition coefficient (Wildman–Crippen LogP) is 2.57. The smallest absolute Gasteiger partial charge is 0.129 e. The SMILES string of the molecule is CN(C)CCn1ncc(Br)c1C(O)c1cc(F)ccc1F. The Bertz CT molecular complexity index is 631. The van der Waals surface area contributed by atoms with Crippen LogP contribution < -0.4 is 0 Å². The van der Waals surface area contributed by atoms with E-state index >= 15 is 0 Å². The number of benzene rings is 1. The Balaban J connectivity index is 2.36. The van der Waals surface area contributed by atoms with Crippen LogP contribution >= 0.6 is 15.9 Å². The molecule has 21 heavy (non-hydrogen) atoms. The van der Waals surface area contributed by atoms with Crippen molar-refractivity contribution in [2.45, 2.75) is 12.6 Å². The maximum atomic E-state index is 13.8. The number of likely N-dealkylation sites (N-methyl/N-ethyl adjacent to an activating group) is 1. The van der Waals surface area contributed by atoms with Gasteiger partial charge in [0.15, 0.2) is 0 Å². The molecule has 2 aromatic rings. The van der Waals surface area contributed by atoms with Crippen LogP contribution in [0.15, 0.2) is 28.9 Å². The van der Waals surface area contributed by atoms with E-state index in [-0.39, 0.29) is 5.56 Å². The van der Waals surface area contributed by atoms with Crippen LogP contribution in [0.2, 0.25) is 0 Å². The monoisotopic (exact) mass is 359 g/mol. The van der Waals surface area contributed by atoms with Gasteiger partial charge in [-0.2, -0.15) is 5.10 Å². The molecule has 0 aliphatic carbocycles. The highest BCUT2D eigenvalue weighted by atomic mass is 79.9. The molecule has 1 aromatic carbocycles. The standard InChI is InChI=1S/C14H16BrF2N3O/c1-19(2)5-6-20-13(11(15)8-18-20)14(21)10-7-9(16)3-4-12(10)17/h3-4,7-8,14,21H,5-6H2,1-2H3. The number of nitrogens with zero attached hydrogens (tertiary/aromatic N) is 3. The van der Waals surface area contributed by atoms with Crippen LogP contribution in [0, 0.1) is 11.6 Å². The van der Waals surface area contributed by atoms with Crippen molar-refractivity contribution < 1.29 is 13.9 Å². The van der Waals surface area contributed by atoms with Crippen molar-refractivity contribution in [2.24, 2.45) is 0 Å². The van der Waals surface area contributed by atoms with Crippen LogP contribution in [-0.2, 0) is 6.54 Å². The molecule has 0 bridgehead atoms. The molecule has 1 aromatic heterocycles. The second kappa shape index (κ2) is 6.64. The highest BCUT2D eigenvalue weighted by Gasteiger charge is 2.23. The number of hydrogen-bond acceptors (Lipinski definition) is 3. The van der Waals surface area contributed by atoms with Gasteiger partial charge in [0.05, 0.1) is 22.9 Å². The molecule has 0 aliphatic rings. The summed E-state index contributed by atoms with van der Waals surface area (Å²) in [5, 5.41) is 14.6. The Kier molecular flexibility index (Phi) is 5.08. The fourth-order valence-corrected chi connectivity index (χ4v) is 2.50. The van der Waals surface area contributed by atoms with Crippen molar-refractivity contribution in [1.82, 2.24) is 14.7 Å². The maximum absolute atomic E-state index is 13.8. The number of halogens is 3. The average molecular weight is 360 g/mol. The number of aromatic nitrogens is 2. The van der Waals surface area contributed by atoms with Crippen LogP contribution in [-0.4, -0.2) is 40.4 Å². The number of rotatable bonds is 5. The van der Waals surface area contributed by atoms with Gasteiger partial charge in [0.2, 0.25) is 0 Å². The van der Waals surface area contributed by atoms with Crippen molar-refractivity contribution in [3.05, 3.63) is 51.8 Å². The van der Waals surface area contributed by atoms with Gasteiger partial charge in [-0.1, -0.05) is 0 Å². The first kappa shape index (κ1) is 16.1. The van der Waals surface area contributed by atoms with Crippen LogP contribution in [0.5, 0.6) is 0 Å². The van der Waals surface area contributed by atoms with E-state index < -0.39 is 17.7 Å². The second-order valence-corrected chi connectivity index (χ2v) is 5.83. The zero-order valence-electron chi connectivity index (χ0n) is 11.7. The zero-order valence-corrected chi connectivity index (χ0v) is 13.3. The van der Waals surface area contributed by atoms with Crippen molar-refractivity contribution in [2.75, 3.05) is 20.6 Å². The van der Waals surface area contributed by atoms with Gasteiger partial charge in [-0.3, -0.25) is 4.68 Å². The van der Waals surface area contributed by atoms with E-state index in [9.17, 15) is 13.9 Å². The first-order valence-electron chi connectivity index (χ1n) is 6.39. The molecular weight excluding hydrogens is 344 g/mol. The molecule has 1 N–H and O–H groups in total. The Labute approximate surface area is 130 Å². The summed E-state index contributed by atoms with van der Waals surface area (Å²) < 4.78 is 29.2. The van der Waals surface area contributed by atoms with Gasteiger partial charge in [-0.05, 0) is 48.2 Å². The zero-order chi connectivity index (χ0) is 15.6. The molecule has 0 radical (unpaired) electrons. The summed E-state index contributed by atoms with van der Waals surface area (Å²) >= 11 is 3.29. The largest absolute Gasteiger partial charge is 0.382 e. The first-order valence-corrected chi connectivity index (χ1v) is 7.18. The minimum Gasteiger partial charge on any atom is -0.382 e. The van der Waals surface area contributed by atoms with Crippen molar-refractivity contribution in [1.29, 1.82) is 0 Å². The van der Waals surface area contributed by atoms with Crippen molar-refractivity contribution in [3.63, 3.8) is 0 Å². The number of aliphatic hydroxyl groups excluding tert-OH is 1. The molecule has 0 fully saturated rings. The summed E-state index contributed by atoms with van der Waals surface area (Å²) in [5.41, 5.74) is 0.295. The van der Waals surface area contributed by atoms with Gasteiger partial charge in [-0.25, -0.2) is 8.78 Å². The summed E-state index contributed by atoms with van der Waals surface area (Å²) in [4.78, 5) is 1.97. The summed E-state index contributed by atoms with van der Waals surface area (Å²) in [6.07, 6.45) is 0.241. The third-order valence-electron chi connectivity index (χ3n) is 3.10. The van der Waals surface area contributed by atoms with Gasteiger partial charge in [0.25, 0.3) is 0 Å². The Hall–Kier alpha value is -1.31. The van der Waals surface area contributed by atoms with Gasteiger partial charge in [0.1, 0.15) is 17.7 Å². The third kappa shape index (κ3) is 3.66. The molecule has 7 heteroatoms. The Morgan fingerprint density at radius 3 is 2.76 bits per heavy atom.